The van der Waals surface area contributed by atoms with E-state index in [-0.39, 0.29) is 42.3 Å². The van der Waals surface area contributed by atoms with Crippen LogP contribution in [-0.2, 0) is 37.3 Å². The number of hydrogen-bond donors (Lipinski definition) is 2. The molecular weight excluding hydrogens is 886 g/mol. The minimum Gasteiger partial charge on any atom is -0.508 e. The Morgan fingerprint density at radius 3 is 2.30 bits per heavy atom. The second-order valence-electron chi connectivity index (χ2n) is 16.2. The number of benzene rings is 3. The molecule has 4 aromatic rings. The molecular formula is C44H37BrCl2F3N5O5. The van der Waals surface area contributed by atoms with Crippen molar-refractivity contribution in [1.29, 1.82) is 0 Å². The Kier molecular flexibility index (Phi) is 10.4. The smallest absolute Gasteiger partial charge is 0.417 e. The number of nitrogens with one attached hydrogen (secondary N) is 1. The molecule has 3 aliphatic heterocycles. The highest BCUT2D eigenvalue weighted by atomic mass is 79.9. The third kappa shape index (κ3) is 6.61. The number of imide groups is 2. The molecule has 310 valence electrons. The summed E-state index contributed by atoms with van der Waals surface area (Å²) in [7, 11) is 0. The van der Waals surface area contributed by atoms with Gasteiger partial charge in [0.1, 0.15) is 5.75 Å². The van der Waals surface area contributed by atoms with E-state index in [1.165, 1.54) is 16.5 Å². The van der Waals surface area contributed by atoms with E-state index >= 15 is 4.79 Å². The molecule has 4 amide bonds. The van der Waals surface area contributed by atoms with E-state index in [0.29, 0.717) is 64.4 Å². The van der Waals surface area contributed by atoms with Gasteiger partial charge in [0.2, 0.25) is 11.8 Å². The van der Waals surface area contributed by atoms with E-state index < -0.39 is 63.6 Å². The first-order valence-corrected chi connectivity index (χ1v) is 21.2. The highest BCUT2D eigenvalue weighted by molar-refractivity contribution is 9.10. The molecule has 9 rings (SSSR count). The number of anilines is 1. The highest BCUT2D eigenvalue weighted by Gasteiger charge is 2.71. The van der Waals surface area contributed by atoms with Gasteiger partial charge in [-0.05, 0) is 79.1 Å². The van der Waals surface area contributed by atoms with Crippen LogP contribution in [0, 0.1) is 23.7 Å². The van der Waals surface area contributed by atoms with Crippen LogP contribution >= 0.6 is 39.1 Å². The maximum Gasteiger partial charge on any atom is 0.417 e. The van der Waals surface area contributed by atoms with Crippen LogP contribution in [0.3, 0.4) is 0 Å². The first-order chi connectivity index (χ1) is 28.7. The first-order valence-electron chi connectivity index (χ1n) is 19.6. The number of carbonyl (C=O) groups is 4. The summed E-state index contributed by atoms with van der Waals surface area (Å²) >= 11 is 16.2. The van der Waals surface area contributed by atoms with Crippen molar-refractivity contribution in [3.63, 3.8) is 0 Å². The second kappa shape index (κ2) is 15.3. The van der Waals surface area contributed by atoms with Gasteiger partial charge in [0.25, 0.3) is 11.8 Å². The number of carbonyl (C=O) groups excluding carboxylic acids is 4. The number of hydrazine groups is 1. The largest absolute Gasteiger partial charge is 0.508 e. The predicted molar refractivity (Wildman–Crippen MR) is 219 cm³/mol. The molecule has 2 N–H and O–H groups in total. The fraction of sp³-hybridized carbons (Fsp3) is 0.341. The molecule has 4 heterocycles. The van der Waals surface area contributed by atoms with Crippen LogP contribution in [0.1, 0.15) is 53.9 Å². The summed E-state index contributed by atoms with van der Waals surface area (Å²) < 4.78 is 41.2. The van der Waals surface area contributed by atoms with Gasteiger partial charge in [-0.2, -0.15) is 18.2 Å². The Hall–Kier alpha value is -4.76. The van der Waals surface area contributed by atoms with Gasteiger partial charge < -0.3 is 5.11 Å². The molecule has 4 fully saturated rings. The van der Waals surface area contributed by atoms with E-state index in [1.54, 1.807) is 36.4 Å². The fourth-order valence-corrected chi connectivity index (χ4v) is 11.2. The average molecular weight is 924 g/mol. The number of hydrogen-bond acceptors (Lipinski definition) is 8. The van der Waals surface area contributed by atoms with Crippen molar-refractivity contribution in [3.8, 4) is 5.75 Å². The lowest BCUT2D eigenvalue weighted by atomic mass is 9.49. The Bertz CT molecular complexity index is 2450. The molecule has 0 radical (unpaired) electrons. The fourth-order valence-electron chi connectivity index (χ4n) is 10.4. The summed E-state index contributed by atoms with van der Waals surface area (Å²) in [5, 5.41) is 12.2. The van der Waals surface area contributed by atoms with Gasteiger partial charge in [0.05, 0.1) is 33.8 Å². The highest BCUT2D eigenvalue weighted by Crippen LogP contribution is 2.65. The van der Waals surface area contributed by atoms with Gasteiger partial charge in [-0.1, -0.05) is 93.2 Å². The molecule has 6 unspecified atom stereocenters. The number of pyridine rings is 1. The molecule has 3 saturated heterocycles. The Labute approximate surface area is 361 Å². The van der Waals surface area contributed by atoms with Crippen LogP contribution in [-0.4, -0.2) is 67.7 Å². The van der Waals surface area contributed by atoms with Crippen molar-refractivity contribution in [2.24, 2.45) is 23.7 Å². The zero-order valence-corrected chi connectivity index (χ0v) is 34.8. The van der Waals surface area contributed by atoms with E-state index in [2.05, 4.69) is 43.4 Å². The molecule has 16 heteroatoms. The van der Waals surface area contributed by atoms with Crippen molar-refractivity contribution >= 4 is 68.6 Å². The molecule has 1 aromatic heterocycles. The Morgan fingerprint density at radius 1 is 0.900 bits per heavy atom. The number of halogens is 6. The monoisotopic (exact) mass is 921 g/mol. The molecule has 0 spiro atoms. The molecule has 60 heavy (non-hydrogen) atoms. The van der Waals surface area contributed by atoms with E-state index in [9.17, 15) is 32.7 Å². The summed E-state index contributed by atoms with van der Waals surface area (Å²) in [5.41, 5.74) is 2.22. The van der Waals surface area contributed by atoms with Crippen LogP contribution < -0.4 is 5.43 Å². The number of phenolic OH excluding ortho intramolecular Hbond substituents is 1. The summed E-state index contributed by atoms with van der Waals surface area (Å²) in [5.74, 6) is -7.10. The van der Waals surface area contributed by atoms with E-state index in [4.69, 9.17) is 23.2 Å². The van der Waals surface area contributed by atoms with Crippen molar-refractivity contribution < 1.29 is 37.5 Å². The molecule has 10 nitrogen and oxygen atoms in total. The molecule has 0 bridgehead atoms. The quantitative estimate of drug-likeness (QED) is 0.140. The van der Waals surface area contributed by atoms with Gasteiger partial charge in [0.15, 0.2) is 5.82 Å². The van der Waals surface area contributed by atoms with Crippen molar-refractivity contribution in [2.75, 3.05) is 18.5 Å². The average Bonchev–Trinajstić information content (AvgIpc) is 3.60. The molecule has 5 aliphatic rings. The minimum atomic E-state index is -4.75. The third-order valence-electron chi connectivity index (χ3n) is 13.1. The van der Waals surface area contributed by atoms with Gasteiger partial charge in [-0.25, -0.2) is 4.98 Å². The number of fused-ring (bicyclic) bond motifs is 4. The number of rotatable bonds is 7. The molecule has 6 atom stereocenters. The van der Waals surface area contributed by atoms with Gasteiger partial charge in [-0.3, -0.25) is 34.4 Å². The lowest BCUT2D eigenvalue weighted by Gasteiger charge is -2.50. The van der Waals surface area contributed by atoms with Gasteiger partial charge >= 0.3 is 6.18 Å². The number of nitrogens with zero attached hydrogens (tertiary/aromatic N) is 4. The predicted octanol–water partition coefficient (Wildman–Crippen LogP) is 8.52. The zero-order valence-electron chi connectivity index (χ0n) is 31.7. The summed E-state index contributed by atoms with van der Waals surface area (Å²) in [6.07, 6.45) is -0.919. The number of likely N-dealkylation sites (tertiary alicyclic amines) is 2. The normalized spacial score (nSPS) is 27.2. The number of amides is 4. The van der Waals surface area contributed by atoms with Crippen LogP contribution in [0.2, 0.25) is 10.0 Å². The summed E-state index contributed by atoms with van der Waals surface area (Å²) in [6.45, 7) is 2.16. The molecule has 3 aromatic carbocycles. The lowest BCUT2D eigenvalue weighted by molar-refractivity contribution is -0.144. The Balaban J connectivity index is 1.12. The number of aromatic hydroxyl groups is 1. The zero-order chi connectivity index (χ0) is 42.2. The van der Waals surface area contributed by atoms with E-state index in [1.807, 2.05) is 24.3 Å². The van der Waals surface area contributed by atoms with Crippen LogP contribution in [0.4, 0.5) is 19.0 Å². The van der Waals surface area contributed by atoms with Crippen molar-refractivity contribution in [3.05, 3.63) is 133 Å². The van der Waals surface area contributed by atoms with Crippen LogP contribution in [0.15, 0.2) is 101 Å². The van der Waals surface area contributed by atoms with Crippen LogP contribution in [0.25, 0.3) is 0 Å². The van der Waals surface area contributed by atoms with Gasteiger partial charge in [0, 0.05) is 52.8 Å². The second-order valence-corrected chi connectivity index (χ2v) is 17.9. The van der Waals surface area contributed by atoms with Gasteiger partial charge in [-0.15, -0.1) is 0 Å². The Morgan fingerprint density at radius 2 is 1.62 bits per heavy atom. The maximum absolute atomic E-state index is 15.4. The standard InChI is InChI=1S/C44H37BrCl2F3N5O5/c45-26-8-13-35(56)32(19-26)37-29-11-12-30-36(41(59)54(39(30)57)28-14-16-53(17-15-28)22-23-4-2-1-3-5-23)31(29)20-33-40(58)55(42(60)43(33,37)24-6-9-27(46)10-7-24)52-38-34(47)18-25(21-51-38)44(48,49)50/h1-11,13,18-19,21,28,30-31,33,36-37,56H,12,14-17,20,22H2,(H,51,52). The number of alkyl halides is 3. The first kappa shape index (κ1) is 40.6. The number of phenols is 1. The SMILES string of the molecule is O=C1C2CC3C(=CCC4C(=O)N(C5CCN(Cc6ccccc6)CC5)C(=O)C43)C(c3cc(Br)ccc3O)C2(c2ccc(Cl)cc2)C(=O)N1Nc1ncc(C(F)(F)F)cc1Cl. The topological polar surface area (TPSA) is 123 Å². The summed E-state index contributed by atoms with van der Waals surface area (Å²) in [6, 6.07) is 21.7. The number of piperidine rings is 1. The lowest BCUT2D eigenvalue weighted by Crippen LogP contribution is -2.53. The third-order valence-corrected chi connectivity index (χ3v) is 14.1. The molecule has 2 aliphatic carbocycles. The maximum atomic E-state index is 15.4. The van der Waals surface area contributed by atoms with Crippen molar-refractivity contribution in [1.82, 2.24) is 19.8 Å². The van der Waals surface area contributed by atoms with E-state index in [0.717, 1.165) is 11.6 Å². The number of aromatic nitrogens is 1. The molecule has 1 saturated carbocycles. The summed E-state index contributed by atoms with van der Waals surface area (Å²) in [4.78, 5) is 67.1. The minimum absolute atomic E-state index is 0.0276. The van der Waals surface area contributed by atoms with Crippen molar-refractivity contribution in [2.45, 2.75) is 55.8 Å². The van der Waals surface area contributed by atoms with Crippen LogP contribution in [0.5, 0.6) is 5.75 Å². The number of allylic oxidation sites excluding steroid dienone is 2.